The van der Waals surface area contributed by atoms with Gasteiger partial charge in [0.25, 0.3) is 0 Å². The van der Waals surface area contributed by atoms with E-state index >= 15 is 0 Å². The van der Waals surface area contributed by atoms with Gasteiger partial charge in [0.2, 0.25) is 5.91 Å². The average molecular weight is 229 g/mol. The van der Waals surface area contributed by atoms with E-state index in [9.17, 15) is 9.90 Å². The lowest BCUT2D eigenvalue weighted by atomic mass is 9.93. The van der Waals surface area contributed by atoms with Gasteiger partial charge in [0.15, 0.2) is 0 Å². The van der Waals surface area contributed by atoms with E-state index in [1.807, 2.05) is 0 Å². The molecule has 4 nitrogen and oxygen atoms in total. The Morgan fingerprint density at radius 1 is 1.38 bits per heavy atom. The predicted molar refractivity (Wildman–Crippen MR) is 62.1 cm³/mol. The van der Waals surface area contributed by atoms with Gasteiger partial charge >= 0.3 is 0 Å². The van der Waals surface area contributed by atoms with E-state index in [0.29, 0.717) is 12.6 Å². The fraction of sp³-hybridized carbons (Fsp3) is 0.917. The molecule has 0 radical (unpaired) electrons. The second kappa shape index (κ2) is 5.64. The van der Waals surface area contributed by atoms with E-state index in [2.05, 4.69) is 5.32 Å². The predicted octanol–water partition coefficient (Wildman–Crippen LogP) is 1.22. The topological polar surface area (TPSA) is 58.6 Å². The molecular weight excluding hydrogens is 206 g/mol. The Hall–Kier alpha value is -0.610. The van der Waals surface area contributed by atoms with Crippen LogP contribution in [0.2, 0.25) is 0 Å². The number of carbonyl (C=O) groups is 1. The monoisotopic (exact) mass is 229 g/mol. The van der Waals surface area contributed by atoms with Gasteiger partial charge in [-0.3, -0.25) is 4.79 Å². The summed E-state index contributed by atoms with van der Waals surface area (Å²) in [4.78, 5) is 10.9. The van der Waals surface area contributed by atoms with E-state index in [1.54, 1.807) is 20.8 Å². The minimum absolute atomic E-state index is 0.0425. The highest BCUT2D eigenvalue weighted by atomic mass is 16.5. The molecule has 1 rings (SSSR count). The normalized spacial score (nSPS) is 26.5. The Kier molecular flexibility index (Phi) is 4.74. The number of amides is 1. The van der Waals surface area contributed by atoms with E-state index in [1.165, 1.54) is 0 Å². The molecule has 1 amide bonds. The molecule has 0 aromatic heterocycles. The van der Waals surface area contributed by atoms with Crippen molar-refractivity contribution >= 4 is 5.91 Å². The maximum absolute atomic E-state index is 10.9. The van der Waals surface area contributed by atoms with Crippen LogP contribution in [0.5, 0.6) is 0 Å². The molecule has 2 N–H and O–H groups in total. The standard InChI is InChI=1S/C12H23NO3/c1-9(14)13-10-4-6-11(7-5-10)16-8-12(2,3)15/h10-11,15H,4-8H2,1-3H3,(H,13,14). The molecule has 1 aliphatic rings. The number of carbonyl (C=O) groups excluding carboxylic acids is 1. The first-order valence-corrected chi connectivity index (χ1v) is 5.98. The maximum atomic E-state index is 10.9. The number of aliphatic hydroxyl groups is 1. The van der Waals surface area contributed by atoms with Crippen molar-refractivity contribution < 1.29 is 14.6 Å². The second-order valence-corrected chi connectivity index (χ2v) is 5.30. The van der Waals surface area contributed by atoms with Gasteiger partial charge in [0, 0.05) is 13.0 Å². The molecule has 0 spiro atoms. The molecule has 4 heteroatoms. The first kappa shape index (κ1) is 13.5. The van der Waals surface area contributed by atoms with Gasteiger partial charge in [-0.25, -0.2) is 0 Å². The van der Waals surface area contributed by atoms with Crippen LogP contribution in [0.4, 0.5) is 0 Å². The third-order valence-electron chi connectivity index (χ3n) is 2.75. The average Bonchev–Trinajstić information content (AvgIpc) is 2.14. The Balaban J connectivity index is 2.19. The highest BCUT2D eigenvalue weighted by Crippen LogP contribution is 2.22. The third-order valence-corrected chi connectivity index (χ3v) is 2.75. The van der Waals surface area contributed by atoms with Crippen molar-refractivity contribution in [3.63, 3.8) is 0 Å². The molecule has 1 aliphatic carbocycles. The molecule has 0 aliphatic heterocycles. The van der Waals surface area contributed by atoms with Crippen molar-refractivity contribution in [1.29, 1.82) is 0 Å². The largest absolute Gasteiger partial charge is 0.388 e. The summed E-state index contributed by atoms with van der Waals surface area (Å²) in [6.45, 7) is 5.42. The zero-order valence-electron chi connectivity index (χ0n) is 10.5. The Bertz CT molecular complexity index is 227. The second-order valence-electron chi connectivity index (χ2n) is 5.30. The summed E-state index contributed by atoms with van der Waals surface area (Å²) < 4.78 is 5.64. The summed E-state index contributed by atoms with van der Waals surface area (Å²) in [5, 5.41) is 12.5. The van der Waals surface area contributed by atoms with E-state index in [4.69, 9.17) is 4.74 Å². The van der Waals surface area contributed by atoms with Crippen molar-refractivity contribution in [2.24, 2.45) is 0 Å². The molecule has 0 heterocycles. The number of ether oxygens (including phenoxy) is 1. The Labute approximate surface area is 97.4 Å². The third kappa shape index (κ3) is 5.47. The first-order valence-electron chi connectivity index (χ1n) is 5.98. The van der Waals surface area contributed by atoms with Crippen LogP contribution in [-0.4, -0.2) is 35.4 Å². The molecular formula is C12H23NO3. The van der Waals surface area contributed by atoms with Gasteiger partial charge in [-0.15, -0.1) is 0 Å². The maximum Gasteiger partial charge on any atom is 0.217 e. The Morgan fingerprint density at radius 3 is 2.38 bits per heavy atom. The zero-order chi connectivity index (χ0) is 12.2. The molecule has 1 fully saturated rings. The van der Waals surface area contributed by atoms with Crippen LogP contribution in [0.1, 0.15) is 46.5 Å². The van der Waals surface area contributed by atoms with Gasteiger partial charge in [-0.1, -0.05) is 0 Å². The highest BCUT2D eigenvalue weighted by molar-refractivity contribution is 5.73. The van der Waals surface area contributed by atoms with Crippen LogP contribution < -0.4 is 5.32 Å². The zero-order valence-corrected chi connectivity index (χ0v) is 10.5. The summed E-state index contributed by atoms with van der Waals surface area (Å²) in [6.07, 6.45) is 4.09. The fourth-order valence-electron chi connectivity index (χ4n) is 1.98. The molecule has 0 saturated heterocycles. The summed E-state index contributed by atoms with van der Waals surface area (Å²) in [6, 6.07) is 0.305. The lowest BCUT2D eigenvalue weighted by molar-refractivity contribution is -0.120. The van der Waals surface area contributed by atoms with Crippen molar-refractivity contribution in [2.45, 2.75) is 64.2 Å². The minimum Gasteiger partial charge on any atom is -0.388 e. The van der Waals surface area contributed by atoms with Gasteiger partial charge < -0.3 is 15.2 Å². The molecule has 16 heavy (non-hydrogen) atoms. The van der Waals surface area contributed by atoms with Crippen LogP contribution in [0.3, 0.4) is 0 Å². The van der Waals surface area contributed by atoms with E-state index < -0.39 is 5.60 Å². The van der Waals surface area contributed by atoms with Gasteiger partial charge in [-0.2, -0.15) is 0 Å². The minimum atomic E-state index is -0.755. The smallest absolute Gasteiger partial charge is 0.217 e. The van der Waals surface area contributed by atoms with Crippen LogP contribution in [0, 0.1) is 0 Å². The molecule has 0 aromatic rings. The lowest BCUT2D eigenvalue weighted by Gasteiger charge is -2.30. The van der Waals surface area contributed by atoms with Crippen LogP contribution in [0.15, 0.2) is 0 Å². The molecule has 94 valence electrons. The highest BCUT2D eigenvalue weighted by Gasteiger charge is 2.24. The molecule has 0 unspecified atom stereocenters. The molecule has 0 bridgehead atoms. The van der Waals surface area contributed by atoms with Crippen molar-refractivity contribution in [2.75, 3.05) is 6.61 Å². The molecule has 0 atom stereocenters. The van der Waals surface area contributed by atoms with Crippen LogP contribution in [0.25, 0.3) is 0 Å². The van der Waals surface area contributed by atoms with Crippen LogP contribution >= 0.6 is 0 Å². The van der Waals surface area contributed by atoms with Crippen LogP contribution in [-0.2, 0) is 9.53 Å². The summed E-state index contributed by atoms with van der Waals surface area (Å²) in [5.74, 6) is 0.0425. The number of nitrogens with one attached hydrogen (secondary N) is 1. The number of hydrogen-bond acceptors (Lipinski definition) is 3. The van der Waals surface area contributed by atoms with Gasteiger partial charge in [0.05, 0.1) is 18.3 Å². The van der Waals surface area contributed by atoms with E-state index in [0.717, 1.165) is 25.7 Å². The number of hydrogen-bond donors (Lipinski definition) is 2. The Morgan fingerprint density at radius 2 is 1.94 bits per heavy atom. The van der Waals surface area contributed by atoms with Crippen molar-refractivity contribution in [1.82, 2.24) is 5.32 Å². The van der Waals surface area contributed by atoms with Gasteiger partial charge in [-0.05, 0) is 39.5 Å². The first-order chi connectivity index (χ1) is 7.37. The summed E-state index contributed by atoms with van der Waals surface area (Å²) in [7, 11) is 0. The van der Waals surface area contributed by atoms with Gasteiger partial charge in [0.1, 0.15) is 0 Å². The van der Waals surface area contributed by atoms with E-state index in [-0.39, 0.29) is 12.0 Å². The molecule has 0 aromatic carbocycles. The van der Waals surface area contributed by atoms with Crippen molar-refractivity contribution in [3.8, 4) is 0 Å². The number of rotatable bonds is 4. The SMILES string of the molecule is CC(=O)NC1CCC(OCC(C)(C)O)CC1. The quantitative estimate of drug-likeness (QED) is 0.762. The summed E-state index contributed by atoms with van der Waals surface area (Å²) in [5.41, 5.74) is -0.755. The summed E-state index contributed by atoms with van der Waals surface area (Å²) >= 11 is 0. The lowest BCUT2D eigenvalue weighted by Crippen LogP contribution is -2.39. The van der Waals surface area contributed by atoms with Crippen molar-refractivity contribution in [3.05, 3.63) is 0 Å². The molecule has 1 saturated carbocycles. The fourth-order valence-corrected chi connectivity index (χ4v) is 1.98.